The number of piperidine rings is 1. The van der Waals surface area contributed by atoms with Crippen molar-refractivity contribution < 1.29 is 23.8 Å². The minimum Gasteiger partial charge on any atom is -0.494 e. The Hall–Kier alpha value is -3.65. The normalized spacial score (nSPS) is 13.9. The van der Waals surface area contributed by atoms with Crippen molar-refractivity contribution >= 4 is 11.9 Å². The fourth-order valence-electron chi connectivity index (χ4n) is 4.35. The predicted octanol–water partition coefficient (Wildman–Crippen LogP) is 4.37. The second-order valence-corrected chi connectivity index (χ2v) is 8.43. The molecule has 3 aromatic rings. The number of esters is 2. The molecule has 0 unspecified atom stereocenters. The van der Waals surface area contributed by atoms with E-state index in [0.29, 0.717) is 29.3 Å². The maximum absolute atomic E-state index is 12.8. The highest BCUT2D eigenvalue weighted by Crippen LogP contribution is 2.31. The lowest BCUT2D eigenvalue weighted by atomic mass is 10.1. The molecule has 0 saturated carbocycles. The van der Waals surface area contributed by atoms with E-state index in [2.05, 4.69) is 10.00 Å². The number of hydrogen-bond acceptors (Lipinski definition) is 7. The fourth-order valence-corrected chi connectivity index (χ4v) is 4.35. The highest BCUT2D eigenvalue weighted by atomic mass is 16.5. The first-order valence-corrected chi connectivity index (χ1v) is 11.9. The van der Waals surface area contributed by atoms with Crippen molar-refractivity contribution in [3.63, 3.8) is 0 Å². The minimum absolute atomic E-state index is 0.00778. The summed E-state index contributed by atoms with van der Waals surface area (Å²) in [5, 5.41) is 4.64. The lowest BCUT2D eigenvalue weighted by Crippen LogP contribution is -2.31. The maximum Gasteiger partial charge on any atom is 0.357 e. The first kappa shape index (κ1) is 24.5. The number of aromatic nitrogens is 2. The molecule has 1 saturated heterocycles. The zero-order chi connectivity index (χ0) is 24.6. The summed E-state index contributed by atoms with van der Waals surface area (Å²) in [6.45, 7) is 3.95. The van der Waals surface area contributed by atoms with Crippen molar-refractivity contribution in [2.75, 3.05) is 40.5 Å². The number of carbonyl (C=O) groups is 2. The molecular weight excluding hydrogens is 446 g/mol. The number of nitrogens with zero attached hydrogens (tertiary/aromatic N) is 3. The summed E-state index contributed by atoms with van der Waals surface area (Å²) in [5.74, 6) is -0.681. The summed E-state index contributed by atoms with van der Waals surface area (Å²) in [6.07, 6.45) is 4.81. The van der Waals surface area contributed by atoms with Crippen molar-refractivity contribution in [3.05, 3.63) is 65.9 Å². The van der Waals surface area contributed by atoms with Gasteiger partial charge >= 0.3 is 11.9 Å². The number of hydrogen-bond donors (Lipinski definition) is 0. The summed E-state index contributed by atoms with van der Waals surface area (Å²) in [5.41, 5.74) is 1.63. The van der Waals surface area contributed by atoms with E-state index in [1.54, 1.807) is 12.1 Å². The molecule has 2 heterocycles. The standard InChI is InChI=1S/C27H31N3O5/c1-33-26(31)23-24(28-30(25(23)27(32)34-2)21-12-5-3-6-13-21)20-11-9-14-22(19-20)35-18-10-17-29-15-7-4-8-16-29/h3,5-6,9,11-14,19H,4,7-8,10,15-18H2,1-2H3. The van der Waals surface area contributed by atoms with Gasteiger partial charge < -0.3 is 19.1 Å². The van der Waals surface area contributed by atoms with Gasteiger partial charge in [-0.1, -0.05) is 36.8 Å². The van der Waals surface area contributed by atoms with Gasteiger partial charge in [-0.05, 0) is 56.6 Å². The highest BCUT2D eigenvalue weighted by Gasteiger charge is 2.31. The molecular formula is C27H31N3O5. The number of methoxy groups -OCH3 is 2. The molecule has 1 aliphatic rings. The second kappa shape index (κ2) is 11.7. The molecule has 4 rings (SSSR count). The van der Waals surface area contributed by atoms with Crippen LogP contribution in [0, 0.1) is 0 Å². The van der Waals surface area contributed by atoms with Crippen LogP contribution in [0.15, 0.2) is 54.6 Å². The molecule has 0 bridgehead atoms. The van der Waals surface area contributed by atoms with Crippen LogP contribution in [0.3, 0.4) is 0 Å². The Morgan fingerprint density at radius 2 is 1.66 bits per heavy atom. The van der Waals surface area contributed by atoms with Crippen molar-refractivity contribution in [1.82, 2.24) is 14.7 Å². The molecule has 0 N–H and O–H groups in total. The van der Waals surface area contributed by atoms with Crippen molar-refractivity contribution in [3.8, 4) is 22.7 Å². The summed E-state index contributed by atoms with van der Waals surface area (Å²) in [7, 11) is 2.54. The van der Waals surface area contributed by atoms with Gasteiger partial charge in [-0.3, -0.25) is 0 Å². The van der Waals surface area contributed by atoms with Crippen LogP contribution in [0.25, 0.3) is 16.9 Å². The maximum atomic E-state index is 12.8. The largest absolute Gasteiger partial charge is 0.494 e. The Labute approximate surface area is 205 Å². The first-order chi connectivity index (χ1) is 17.1. The molecule has 35 heavy (non-hydrogen) atoms. The van der Waals surface area contributed by atoms with Crippen LogP contribution in [-0.4, -0.2) is 67.1 Å². The monoisotopic (exact) mass is 477 g/mol. The Morgan fingerprint density at radius 1 is 0.914 bits per heavy atom. The third-order valence-corrected chi connectivity index (χ3v) is 6.10. The van der Waals surface area contributed by atoms with E-state index in [9.17, 15) is 9.59 Å². The zero-order valence-electron chi connectivity index (χ0n) is 20.2. The third kappa shape index (κ3) is 5.71. The summed E-state index contributed by atoms with van der Waals surface area (Å²) >= 11 is 0. The van der Waals surface area contributed by atoms with Crippen LogP contribution in [0.5, 0.6) is 5.75 Å². The lowest BCUT2D eigenvalue weighted by molar-refractivity contribution is 0.0549. The van der Waals surface area contributed by atoms with Crippen LogP contribution >= 0.6 is 0 Å². The molecule has 0 aliphatic carbocycles. The molecule has 8 nitrogen and oxygen atoms in total. The van der Waals surface area contributed by atoms with Gasteiger partial charge in [0, 0.05) is 12.1 Å². The summed E-state index contributed by atoms with van der Waals surface area (Å²) in [6, 6.07) is 16.5. The number of likely N-dealkylation sites (tertiary alicyclic amines) is 1. The third-order valence-electron chi connectivity index (χ3n) is 6.10. The number of para-hydroxylation sites is 1. The van der Waals surface area contributed by atoms with Crippen LogP contribution in [0.2, 0.25) is 0 Å². The average Bonchev–Trinajstić information content (AvgIpc) is 3.32. The van der Waals surface area contributed by atoms with Gasteiger partial charge in [-0.25, -0.2) is 14.3 Å². The van der Waals surface area contributed by atoms with Crippen molar-refractivity contribution in [2.24, 2.45) is 0 Å². The fraction of sp³-hybridized carbons (Fsp3) is 0.370. The molecule has 0 amide bonds. The molecule has 1 aromatic heterocycles. The SMILES string of the molecule is COC(=O)c1c(-c2cccc(OCCCN3CCCCC3)c2)nn(-c2ccccc2)c1C(=O)OC. The van der Waals surface area contributed by atoms with Crippen LogP contribution in [0.1, 0.15) is 46.5 Å². The van der Waals surface area contributed by atoms with Crippen LogP contribution in [-0.2, 0) is 9.47 Å². The van der Waals surface area contributed by atoms with E-state index in [-0.39, 0.29) is 11.3 Å². The van der Waals surface area contributed by atoms with Gasteiger partial charge in [0.2, 0.25) is 0 Å². The van der Waals surface area contributed by atoms with Gasteiger partial charge in [0.05, 0.1) is 26.5 Å². The Balaban J connectivity index is 1.62. The number of rotatable bonds is 9. The first-order valence-electron chi connectivity index (χ1n) is 11.9. The Morgan fingerprint density at radius 3 is 2.37 bits per heavy atom. The van der Waals surface area contributed by atoms with Gasteiger partial charge in [0.25, 0.3) is 0 Å². The van der Waals surface area contributed by atoms with Crippen molar-refractivity contribution in [2.45, 2.75) is 25.7 Å². The Bertz CT molecular complexity index is 1150. The number of carbonyl (C=O) groups excluding carboxylic acids is 2. The number of ether oxygens (including phenoxy) is 3. The molecule has 8 heteroatoms. The van der Waals surface area contributed by atoms with E-state index >= 15 is 0 Å². The van der Waals surface area contributed by atoms with E-state index in [1.165, 1.54) is 51.3 Å². The molecule has 184 valence electrons. The van der Waals surface area contributed by atoms with Gasteiger partial charge in [0.1, 0.15) is 17.0 Å². The minimum atomic E-state index is -0.682. The van der Waals surface area contributed by atoms with E-state index < -0.39 is 11.9 Å². The summed E-state index contributed by atoms with van der Waals surface area (Å²) in [4.78, 5) is 28.0. The molecule has 1 aliphatic heterocycles. The molecule has 0 spiro atoms. The Kier molecular flexibility index (Phi) is 8.15. The smallest absolute Gasteiger partial charge is 0.357 e. The topological polar surface area (TPSA) is 82.9 Å². The van der Waals surface area contributed by atoms with E-state index in [0.717, 1.165) is 13.0 Å². The predicted molar refractivity (Wildman–Crippen MR) is 132 cm³/mol. The van der Waals surface area contributed by atoms with E-state index in [4.69, 9.17) is 14.2 Å². The van der Waals surface area contributed by atoms with Crippen molar-refractivity contribution in [1.29, 1.82) is 0 Å². The molecule has 2 aromatic carbocycles. The lowest BCUT2D eigenvalue weighted by Gasteiger charge is -2.26. The van der Waals surface area contributed by atoms with E-state index in [1.807, 2.05) is 42.5 Å². The van der Waals surface area contributed by atoms with Gasteiger partial charge in [-0.15, -0.1) is 0 Å². The number of benzene rings is 2. The summed E-state index contributed by atoms with van der Waals surface area (Å²) < 4.78 is 17.4. The van der Waals surface area contributed by atoms with Crippen LogP contribution < -0.4 is 4.74 Å². The highest BCUT2D eigenvalue weighted by molar-refractivity contribution is 6.06. The molecule has 1 fully saturated rings. The zero-order valence-corrected chi connectivity index (χ0v) is 20.2. The average molecular weight is 478 g/mol. The molecule has 0 radical (unpaired) electrons. The second-order valence-electron chi connectivity index (χ2n) is 8.43. The quantitative estimate of drug-likeness (QED) is 0.334. The molecule has 0 atom stereocenters. The van der Waals surface area contributed by atoms with Gasteiger partial charge in [-0.2, -0.15) is 5.10 Å². The van der Waals surface area contributed by atoms with Crippen LogP contribution in [0.4, 0.5) is 0 Å². The van der Waals surface area contributed by atoms with Gasteiger partial charge in [0.15, 0.2) is 5.69 Å².